The Morgan fingerprint density at radius 1 is 1.00 bits per heavy atom. The fraction of sp³-hybridized carbons (Fsp3) is 0.846. The van der Waals surface area contributed by atoms with Crippen LogP contribution in [0.15, 0.2) is 11.9 Å². The molecule has 0 unspecified atom stereocenters. The van der Waals surface area contributed by atoms with Crippen LogP contribution in [0, 0.1) is 0 Å². The summed E-state index contributed by atoms with van der Waals surface area (Å²) in [5.41, 5.74) is 0. The summed E-state index contributed by atoms with van der Waals surface area (Å²) in [6.45, 7) is 13.6. The largest absolute Gasteiger partial charge is 0.380 e. The van der Waals surface area contributed by atoms with E-state index in [0.29, 0.717) is 0 Å². The van der Waals surface area contributed by atoms with Crippen LogP contribution >= 0.6 is 0 Å². The number of rotatable bonds is 10. The molecule has 0 aliphatic carbocycles. The number of hydrogen-bond acceptors (Lipinski definition) is 1. The minimum absolute atomic E-state index is 0.0461. The predicted octanol–water partition coefficient (Wildman–Crippen LogP) is 3.36. The van der Waals surface area contributed by atoms with Crippen molar-refractivity contribution in [2.24, 2.45) is 0 Å². The van der Waals surface area contributed by atoms with Crippen molar-refractivity contribution in [3.8, 4) is 0 Å². The molecule has 0 amide bonds. The molecule has 0 spiro atoms. The van der Waals surface area contributed by atoms with E-state index in [1.54, 1.807) is 0 Å². The summed E-state index contributed by atoms with van der Waals surface area (Å²) in [7, 11) is -0.0461. The van der Waals surface area contributed by atoms with Gasteiger partial charge in [-0.15, -0.1) is 0 Å². The first kappa shape index (κ1) is 14.8. The normalized spacial score (nSPS) is 11.1. The standard InChI is InChI=1S/C13H29NSi/c1-5-7-9-11-14(13(3)15-4)12-10-8-6-2/h3,5-12,15H2,1-2,4H3. The van der Waals surface area contributed by atoms with Crippen molar-refractivity contribution in [1.82, 2.24) is 4.90 Å². The lowest BCUT2D eigenvalue weighted by atomic mass is 10.2. The molecule has 0 aromatic carbocycles. The van der Waals surface area contributed by atoms with Crippen LogP contribution in [0.2, 0.25) is 6.55 Å². The molecule has 0 atom stereocenters. The molecule has 0 aromatic heterocycles. The average molecular weight is 227 g/mol. The lowest BCUT2D eigenvalue weighted by Gasteiger charge is -2.26. The second-order valence-corrected chi connectivity index (χ2v) is 5.84. The average Bonchev–Trinajstić information content (AvgIpc) is 2.26. The highest BCUT2D eigenvalue weighted by Crippen LogP contribution is 2.07. The number of hydrogen-bond donors (Lipinski definition) is 0. The molecule has 0 saturated carbocycles. The SMILES string of the molecule is C=C([SiH2]C)N(CCCCC)CCCCC. The Hall–Kier alpha value is -0.243. The zero-order valence-electron chi connectivity index (χ0n) is 11.0. The Kier molecular flexibility index (Phi) is 10.1. The van der Waals surface area contributed by atoms with Crippen LogP contribution in [-0.2, 0) is 0 Å². The molecular weight excluding hydrogens is 198 g/mol. The van der Waals surface area contributed by atoms with E-state index in [0.717, 1.165) is 0 Å². The maximum absolute atomic E-state index is 4.22. The van der Waals surface area contributed by atoms with Crippen LogP contribution < -0.4 is 0 Å². The monoisotopic (exact) mass is 227 g/mol. The van der Waals surface area contributed by atoms with E-state index < -0.39 is 0 Å². The third-order valence-electron chi connectivity index (χ3n) is 2.92. The molecule has 0 heterocycles. The van der Waals surface area contributed by atoms with Crippen LogP contribution in [0.1, 0.15) is 52.4 Å². The lowest BCUT2D eigenvalue weighted by molar-refractivity contribution is 0.344. The number of nitrogens with zero attached hydrogens (tertiary/aromatic N) is 1. The molecule has 0 fully saturated rings. The van der Waals surface area contributed by atoms with Gasteiger partial charge in [-0.3, -0.25) is 0 Å². The van der Waals surface area contributed by atoms with E-state index in [-0.39, 0.29) is 9.52 Å². The fourth-order valence-corrected chi connectivity index (χ4v) is 2.52. The molecule has 0 N–H and O–H groups in total. The first-order chi connectivity index (χ1) is 7.26. The van der Waals surface area contributed by atoms with E-state index in [9.17, 15) is 0 Å². The predicted molar refractivity (Wildman–Crippen MR) is 74.2 cm³/mol. The molecule has 0 saturated heterocycles. The molecule has 1 nitrogen and oxygen atoms in total. The van der Waals surface area contributed by atoms with E-state index >= 15 is 0 Å². The number of unbranched alkanes of at least 4 members (excludes halogenated alkanes) is 4. The lowest BCUT2D eigenvalue weighted by Crippen LogP contribution is -2.27. The quantitative estimate of drug-likeness (QED) is 0.409. The Bertz CT molecular complexity index is 147. The zero-order chi connectivity index (χ0) is 11.5. The maximum atomic E-state index is 4.22. The summed E-state index contributed by atoms with van der Waals surface area (Å²) in [5, 5.41) is 1.46. The van der Waals surface area contributed by atoms with Crippen LogP contribution in [0.3, 0.4) is 0 Å². The van der Waals surface area contributed by atoms with E-state index in [2.05, 4.69) is 31.9 Å². The van der Waals surface area contributed by atoms with Gasteiger partial charge in [0.15, 0.2) is 0 Å². The molecule has 90 valence electrons. The van der Waals surface area contributed by atoms with Crippen molar-refractivity contribution in [1.29, 1.82) is 0 Å². The highest BCUT2D eigenvalue weighted by molar-refractivity contribution is 6.42. The van der Waals surface area contributed by atoms with E-state index in [1.165, 1.54) is 56.9 Å². The van der Waals surface area contributed by atoms with Crippen LogP contribution in [0.5, 0.6) is 0 Å². The summed E-state index contributed by atoms with van der Waals surface area (Å²) < 4.78 is 0. The first-order valence-electron chi connectivity index (χ1n) is 6.68. The van der Waals surface area contributed by atoms with Gasteiger partial charge in [0, 0.05) is 13.1 Å². The van der Waals surface area contributed by atoms with Gasteiger partial charge in [-0.2, -0.15) is 0 Å². The van der Waals surface area contributed by atoms with Crippen molar-refractivity contribution in [2.75, 3.05) is 13.1 Å². The summed E-state index contributed by atoms with van der Waals surface area (Å²) >= 11 is 0. The van der Waals surface area contributed by atoms with Crippen LogP contribution in [-0.4, -0.2) is 27.5 Å². The van der Waals surface area contributed by atoms with Gasteiger partial charge in [-0.05, 0) is 18.2 Å². The second-order valence-electron chi connectivity index (χ2n) is 4.32. The third-order valence-corrected chi connectivity index (χ3v) is 4.18. The molecule has 0 aliphatic rings. The molecule has 0 aromatic rings. The van der Waals surface area contributed by atoms with Crippen molar-refractivity contribution in [2.45, 2.75) is 58.9 Å². The summed E-state index contributed by atoms with van der Waals surface area (Å²) in [5.74, 6) is 0. The van der Waals surface area contributed by atoms with Crippen molar-refractivity contribution in [3.05, 3.63) is 11.9 Å². The molecule has 2 heteroatoms. The Morgan fingerprint density at radius 2 is 1.47 bits per heavy atom. The van der Waals surface area contributed by atoms with Gasteiger partial charge in [0.1, 0.15) is 0 Å². The third kappa shape index (κ3) is 7.66. The highest BCUT2D eigenvalue weighted by Gasteiger charge is 2.04. The van der Waals surface area contributed by atoms with Gasteiger partial charge >= 0.3 is 0 Å². The van der Waals surface area contributed by atoms with Crippen molar-refractivity contribution < 1.29 is 0 Å². The molecule has 0 rings (SSSR count). The molecule has 0 aliphatic heterocycles. The van der Waals surface area contributed by atoms with E-state index in [4.69, 9.17) is 0 Å². The summed E-state index contributed by atoms with van der Waals surface area (Å²) in [6, 6.07) is 0. The minimum Gasteiger partial charge on any atom is -0.380 e. The molecule has 0 bridgehead atoms. The summed E-state index contributed by atoms with van der Waals surface area (Å²) in [6.07, 6.45) is 8.05. The zero-order valence-corrected chi connectivity index (χ0v) is 12.4. The Labute approximate surface area is 98.8 Å². The van der Waals surface area contributed by atoms with Crippen molar-refractivity contribution in [3.63, 3.8) is 0 Å². The topological polar surface area (TPSA) is 3.24 Å². The Balaban J connectivity index is 3.79. The van der Waals surface area contributed by atoms with Crippen LogP contribution in [0.25, 0.3) is 0 Å². The highest BCUT2D eigenvalue weighted by atomic mass is 28.2. The van der Waals surface area contributed by atoms with Crippen molar-refractivity contribution >= 4 is 9.52 Å². The fourth-order valence-electron chi connectivity index (χ4n) is 1.76. The van der Waals surface area contributed by atoms with Gasteiger partial charge < -0.3 is 4.90 Å². The minimum atomic E-state index is -0.0461. The molecule has 0 radical (unpaired) electrons. The van der Waals surface area contributed by atoms with Gasteiger partial charge in [0.05, 0.1) is 9.52 Å². The second kappa shape index (κ2) is 10.3. The first-order valence-corrected chi connectivity index (χ1v) is 8.81. The van der Waals surface area contributed by atoms with Crippen LogP contribution in [0.4, 0.5) is 0 Å². The summed E-state index contributed by atoms with van der Waals surface area (Å²) in [4.78, 5) is 2.55. The van der Waals surface area contributed by atoms with E-state index in [1.807, 2.05) is 0 Å². The van der Waals surface area contributed by atoms with Gasteiger partial charge in [0.25, 0.3) is 0 Å². The van der Waals surface area contributed by atoms with Gasteiger partial charge in [0.2, 0.25) is 0 Å². The Morgan fingerprint density at radius 3 is 1.80 bits per heavy atom. The van der Waals surface area contributed by atoms with Gasteiger partial charge in [-0.1, -0.05) is 52.7 Å². The van der Waals surface area contributed by atoms with Gasteiger partial charge in [-0.25, -0.2) is 0 Å². The molecular formula is C13H29NSi. The smallest absolute Gasteiger partial charge is 0.0714 e. The molecule has 15 heavy (non-hydrogen) atoms. The maximum Gasteiger partial charge on any atom is 0.0714 e.